The number of carbonyl (C=O) groups is 6. The van der Waals surface area contributed by atoms with Crippen LogP contribution in [0.25, 0.3) is 0 Å². The summed E-state index contributed by atoms with van der Waals surface area (Å²) < 4.78 is 4.73. The molecule has 13 nitrogen and oxygen atoms in total. The average molecular weight is 434 g/mol. The fraction of sp³-hybridized carbons (Fsp3) is 0. The Morgan fingerprint density at radius 1 is 0.548 bits per heavy atom. The van der Waals surface area contributed by atoms with E-state index in [4.69, 9.17) is 20.1 Å². The van der Waals surface area contributed by atoms with Crippen LogP contribution in [0.3, 0.4) is 0 Å². The molecule has 2 aromatic carbocycles. The van der Waals surface area contributed by atoms with Crippen LogP contribution in [0.5, 0.6) is 11.5 Å². The summed E-state index contributed by atoms with van der Waals surface area (Å²) in [6, 6.07) is 2.09. The van der Waals surface area contributed by atoms with Crippen LogP contribution in [0.2, 0.25) is 0 Å². The van der Waals surface area contributed by atoms with E-state index in [0.29, 0.717) is 24.3 Å². The third-order valence-electron chi connectivity index (χ3n) is 3.80. The summed E-state index contributed by atoms with van der Waals surface area (Å²) in [7, 11) is 0. The first kappa shape index (κ1) is 22.4. The van der Waals surface area contributed by atoms with Crippen molar-refractivity contribution in [2.24, 2.45) is 0 Å². The zero-order valence-corrected chi connectivity index (χ0v) is 14.9. The van der Waals surface area contributed by atoms with Gasteiger partial charge in [0.15, 0.2) is 5.75 Å². The molecule has 0 saturated carbocycles. The molecule has 6 N–H and O–H groups in total. The lowest BCUT2D eigenvalue weighted by Gasteiger charge is -2.13. The highest BCUT2D eigenvalue weighted by Crippen LogP contribution is 2.31. The summed E-state index contributed by atoms with van der Waals surface area (Å²) >= 11 is 0. The van der Waals surface area contributed by atoms with Crippen LogP contribution in [0.1, 0.15) is 62.1 Å². The number of phenols is 1. The van der Waals surface area contributed by atoms with Crippen LogP contribution in [-0.2, 0) is 0 Å². The maximum Gasteiger partial charge on any atom is 0.347 e. The number of benzene rings is 2. The third kappa shape index (κ3) is 4.40. The van der Waals surface area contributed by atoms with E-state index < -0.39 is 80.7 Å². The van der Waals surface area contributed by atoms with Gasteiger partial charge in [0.25, 0.3) is 0 Å². The highest BCUT2D eigenvalue weighted by atomic mass is 16.5. The van der Waals surface area contributed by atoms with Crippen molar-refractivity contribution in [3.05, 3.63) is 57.6 Å². The number of carboxylic acid groups (broad SMARTS) is 5. The van der Waals surface area contributed by atoms with Gasteiger partial charge in [-0.1, -0.05) is 0 Å². The van der Waals surface area contributed by atoms with Gasteiger partial charge in [0, 0.05) is 0 Å². The van der Waals surface area contributed by atoms with E-state index in [0.717, 1.165) is 0 Å². The maximum atomic E-state index is 12.5. The lowest BCUT2D eigenvalue weighted by molar-refractivity contribution is 0.0660. The highest BCUT2D eigenvalue weighted by molar-refractivity contribution is 6.07. The molecule has 2 aromatic rings. The number of hydrogen-bond donors (Lipinski definition) is 6. The summed E-state index contributed by atoms with van der Waals surface area (Å²) in [5.74, 6) is -13.0. The molecule has 0 spiro atoms. The molecule has 0 atom stereocenters. The Morgan fingerprint density at radius 2 is 0.903 bits per heavy atom. The van der Waals surface area contributed by atoms with Crippen molar-refractivity contribution < 1.29 is 64.1 Å². The van der Waals surface area contributed by atoms with Crippen molar-refractivity contribution in [3.8, 4) is 11.5 Å². The molecule has 0 heterocycles. The zero-order chi connectivity index (χ0) is 23.6. The van der Waals surface area contributed by atoms with Crippen molar-refractivity contribution in [2.45, 2.75) is 0 Å². The lowest BCUT2D eigenvalue weighted by atomic mass is 10.0. The first-order chi connectivity index (χ1) is 14.3. The van der Waals surface area contributed by atoms with Gasteiger partial charge in [-0.15, -0.1) is 0 Å². The Balaban J connectivity index is 2.72. The molecule has 2 rings (SSSR count). The number of carbonyl (C=O) groups excluding carboxylic acids is 1. The van der Waals surface area contributed by atoms with Crippen LogP contribution in [0.15, 0.2) is 24.3 Å². The van der Waals surface area contributed by atoms with Crippen molar-refractivity contribution in [2.75, 3.05) is 0 Å². The minimum Gasteiger partial charge on any atom is -0.506 e. The summed E-state index contributed by atoms with van der Waals surface area (Å²) in [5, 5.41) is 55.7. The van der Waals surface area contributed by atoms with Crippen LogP contribution < -0.4 is 4.74 Å². The van der Waals surface area contributed by atoms with Crippen molar-refractivity contribution in [3.63, 3.8) is 0 Å². The molecule has 0 unspecified atom stereocenters. The topological polar surface area (TPSA) is 233 Å². The molecule has 0 radical (unpaired) electrons. The third-order valence-corrected chi connectivity index (χ3v) is 3.80. The number of esters is 1. The van der Waals surface area contributed by atoms with E-state index in [1.807, 2.05) is 0 Å². The fourth-order valence-corrected chi connectivity index (χ4v) is 2.40. The van der Waals surface area contributed by atoms with E-state index in [1.165, 1.54) is 0 Å². The molecule has 13 heteroatoms. The second kappa shape index (κ2) is 8.20. The van der Waals surface area contributed by atoms with Gasteiger partial charge in [-0.2, -0.15) is 0 Å². The Bertz CT molecular complexity index is 1140. The Labute approximate surface area is 170 Å². The van der Waals surface area contributed by atoms with Gasteiger partial charge >= 0.3 is 35.8 Å². The Morgan fingerprint density at radius 3 is 1.26 bits per heavy atom. The molecule has 0 saturated heterocycles. The molecule has 0 bridgehead atoms. The Kier molecular flexibility index (Phi) is 5.91. The number of carboxylic acids is 5. The SMILES string of the molecule is O=C(O)c1cc(C(=O)O)c(O)c(C(=O)Oc2c(C(=O)O)cc(C(=O)O)cc2C(=O)O)c1. The molecule has 0 aliphatic heterocycles. The van der Waals surface area contributed by atoms with Gasteiger partial charge in [0.05, 0.1) is 11.1 Å². The summed E-state index contributed by atoms with van der Waals surface area (Å²) in [6.07, 6.45) is 0. The zero-order valence-electron chi connectivity index (χ0n) is 14.9. The number of ether oxygens (including phenoxy) is 1. The van der Waals surface area contributed by atoms with Crippen LogP contribution in [0.4, 0.5) is 0 Å². The highest BCUT2D eigenvalue weighted by Gasteiger charge is 2.29. The molecular formula is C18H10O13. The number of hydrogen-bond acceptors (Lipinski definition) is 8. The predicted molar refractivity (Wildman–Crippen MR) is 94.3 cm³/mol. The Hall–Kier alpha value is -4.94. The summed E-state index contributed by atoms with van der Waals surface area (Å²) in [4.78, 5) is 68.9. The van der Waals surface area contributed by atoms with E-state index >= 15 is 0 Å². The predicted octanol–water partition coefficient (Wildman–Crippen LogP) is 1.10. The van der Waals surface area contributed by atoms with Crippen LogP contribution in [-0.4, -0.2) is 66.5 Å². The quantitative estimate of drug-likeness (QED) is 0.265. The minimum absolute atomic E-state index is 0.510. The standard InChI is InChI=1S/C18H10O13/c19-11-7(15(24)25)1-5(13(20)21)2-8(11)18(30)31-12-9(16(26)27)3-6(14(22)23)4-10(12)17(28)29/h1-4,19H,(H,20,21)(H,22,23)(H,24,25)(H,26,27)(H,28,29). The first-order valence-corrected chi connectivity index (χ1v) is 7.78. The van der Waals surface area contributed by atoms with Crippen LogP contribution in [0, 0.1) is 0 Å². The van der Waals surface area contributed by atoms with Crippen molar-refractivity contribution in [1.29, 1.82) is 0 Å². The summed E-state index contributed by atoms with van der Waals surface area (Å²) in [6.45, 7) is 0. The fourth-order valence-electron chi connectivity index (χ4n) is 2.40. The van der Waals surface area contributed by atoms with E-state index in [9.17, 15) is 44.1 Å². The van der Waals surface area contributed by atoms with Crippen LogP contribution >= 0.6 is 0 Å². The van der Waals surface area contributed by atoms with Gasteiger partial charge in [-0.25, -0.2) is 28.8 Å². The smallest absolute Gasteiger partial charge is 0.347 e. The number of aromatic hydroxyl groups is 1. The number of rotatable bonds is 7. The second-order valence-electron chi connectivity index (χ2n) is 5.74. The monoisotopic (exact) mass is 434 g/mol. The molecule has 31 heavy (non-hydrogen) atoms. The minimum atomic E-state index is -1.87. The molecule has 0 fully saturated rings. The van der Waals surface area contributed by atoms with E-state index in [2.05, 4.69) is 0 Å². The van der Waals surface area contributed by atoms with Gasteiger partial charge in [0.2, 0.25) is 0 Å². The molecule has 0 aliphatic rings. The van der Waals surface area contributed by atoms with Gasteiger partial charge < -0.3 is 35.4 Å². The summed E-state index contributed by atoms with van der Waals surface area (Å²) in [5.41, 5.74) is -5.60. The molecule has 0 amide bonds. The maximum absolute atomic E-state index is 12.5. The van der Waals surface area contributed by atoms with E-state index in [1.54, 1.807) is 0 Å². The van der Waals surface area contributed by atoms with Crippen molar-refractivity contribution >= 4 is 35.8 Å². The molecule has 0 aromatic heterocycles. The number of aromatic carboxylic acids is 5. The molecular weight excluding hydrogens is 424 g/mol. The second-order valence-corrected chi connectivity index (χ2v) is 5.74. The molecule has 160 valence electrons. The first-order valence-electron chi connectivity index (χ1n) is 7.78. The van der Waals surface area contributed by atoms with Gasteiger partial charge in [-0.05, 0) is 24.3 Å². The van der Waals surface area contributed by atoms with Gasteiger partial charge in [0.1, 0.15) is 28.0 Å². The van der Waals surface area contributed by atoms with E-state index in [-0.39, 0.29) is 0 Å². The average Bonchev–Trinajstić information content (AvgIpc) is 2.66. The van der Waals surface area contributed by atoms with Crippen molar-refractivity contribution in [1.82, 2.24) is 0 Å². The normalized spacial score (nSPS) is 10.2. The van der Waals surface area contributed by atoms with Gasteiger partial charge in [-0.3, -0.25) is 0 Å². The lowest BCUT2D eigenvalue weighted by Crippen LogP contribution is -2.18. The largest absolute Gasteiger partial charge is 0.506 e. The molecule has 0 aliphatic carbocycles.